The minimum absolute atomic E-state index is 0.00132. The Kier molecular flexibility index (Phi) is 7.30. The number of carbonyl (C=O) groups is 2. The van der Waals surface area contributed by atoms with Crippen LogP contribution in [0, 0.1) is 0 Å². The Labute approximate surface area is 176 Å². The van der Waals surface area contributed by atoms with Crippen molar-refractivity contribution in [2.45, 2.75) is 25.4 Å². The SMILES string of the molecule is COC(=O)c1ccc(CNC(=O)C[NH+]2CCC[C@@H]2c2ccc(OC)cc2OC)cc1. The topological polar surface area (TPSA) is 78.3 Å². The van der Waals surface area contributed by atoms with E-state index in [1.807, 2.05) is 30.3 Å². The lowest BCUT2D eigenvalue weighted by molar-refractivity contribution is -0.910. The van der Waals surface area contributed by atoms with Gasteiger partial charge >= 0.3 is 5.97 Å². The number of amides is 1. The molecule has 1 unspecified atom stereocenters. The average molecular weight is 413 g/mol. The molecule has 7 nitrogen and oxygen atoms in total. The predicted octanol–water partition coefficient (Wildman–Crippen LogP) is 1.53. The summed E-state index contributed by atoms with van der Waals surface area (Å²) in [6.07, 6.45) is 2.08. The molecule has 1 aliphatic rings. The third-order valence-electron chi connectivity index (χ3n) is 5.55. The van der Waals surface area contributed by atoms with Crippen LogP contribution in [0.1, 0.15) is 40.4 Å². The maximum absolute atomic E-state index is 12.6. The Bertz CT molecular complexity index is 882. The van der Waals surface area contributed by atoms with Gasteiger partial charge in [0.1, 0.15) is 17.5 Å². The van der Waals surface area contributed by atoms with Crippen molar-refractivity contribution >= 4 is 11.9 Å². The Hall–Kier alpha value is -3.06. The zero-order valence-corrected chi connectivity index (χ0v) is 17.7. The van der Waals surface area contributed by atoms with E-state index in [1.165, 1.54) is 12.0 Å². The molecule has 1 aliphatic heterocycles. The van der Waals surface area contributed by atoms with Crippen molar-refractivity contribution < 1.29 is 28.7 Å². The molecule has 0 saturated carbocycles. The number of esters is 1. The van der Waals surface area contributed by atoms with Crippen LogP contribution in [0.4, 0.5) is 0 Å². The summed E-state index contributed by atoms with van der Waals surface area (Å²) in [7, 11) is 4.64. The zero-order chi connectivity index (χ0) is 21.5. The van der Waals surface area contributed by atoms with Crippen molar-refractivity contribution in [1.82, 2.24) is 5.32 Å². The van der Waals surface area contributed by atoms with Crippen LogP contribution in [0.5, 0.6) is 11.5 Å². The third-order valence-corrected chi connectivity index (χ3v) is 5.55. The van der Waals surface area contributed by atoms with Crippen LogP contribution in [0.15, 0.2) is 42.5 Å². The highest BCUT2D eigenvalue weighted by Gasteiger charge is 2.33. The van der Waals surface area contributed by atoms with E-state index >= 15 is 0 Å². The molecule has 0 aromatic heterocycles. The number of methoxy groups -OCH3 is 3. The number of nitrogens with one attached hydrogen (secondary N) is 2. The fourth-order valence-electron chi connectivity index (χ4n) is 3.95. The molecule has 0 radical (unpaired) electrons. The highest BCUT2D eigenvalue weighted by atomic mass is 16.5. The highest BCUT2D eigenvalue weighted by Crippen LogP contribution is 2.31. The number of rotatable bonds is 8. The molecule has 1 amide bonds. The number of likely N-dealkylation sites (tertiary alicyclic amines) is 1. The fraction of sp³-hybridized carbons (Fsp3) is 0.391. The second-order valence-corrected chi connectivity index (χ2v) is 7.35. The minimum Gasteiger partial charge on any atom is -0.497 e. The van der Waals surface area contributed by atoms with Crippen LogP contribution in [0.25, 0.3) is 0 Å². The number of benzene rings is 2. The first kappa shape index (κ1) is 21.6. The van der Waals surface area contributed by atoms with Crippen molar-refractivity contribution in [3.63, 3.8) is 0 Å². The van der Waals surface area contributed by atoms with Crippen LogP contribution in [0.3, 0.4) is 0 Å². The van der Waals surface area contributed by atoms with Gasteiger partial charge in [-0.1, -0.05) is 12.1 Å². The maximum Gasteiger partial charge on any atom is 0.337 e. The van der Waals surface area contributed by atoms with Crippen LogP contribution in [0.2, 0.25) is 0 Å². The molecular weight excluding hydrogens is 384 g/mol. The summed E-state index contributed by atoms with van der Waals surface area (Å²) in [6, 6.07) is 13.1. The second kappa shape index (κ2) is 10.1. The first-order valence-electron chi connectivity index (χ1n) is 10.1. The molecule has 0 spiro atoms. The summed E-state index contributed by atoms with van der Waals surface area (Å²) in [5, 5.41) is 2.98. The van der Waals surface area contributed by atoms with E-state index in [0.29, 0.717) is 18.7 Å². The summed E-state index contributed by atoms with van der Waals surface area (Å²) in [4.78, 5) is 25.3. The second-order valence-electron chi connectivity index (χ2n) is 7.35. The maximum atomic E-state index is 12.6. The van der Waals surface area contributed by atoms with Crippen molar-refractivity contribution in [1.29, 1.82) is 0 Å². The predicted molar refractivity (Wildman–Crippen MR) is 112 cm³/mol. The van der Waals surface area contributed by atoms with Gasteiger partial charge in [0.05, 0.1) is 39.0 Å². The Morgan fingerprint density at radius 2 is 1.83 bits per heavy atom. The fourth-order valence-corrected chi connectivity index (χ4v) is 3.95. The van der Waals surface area contributed by atoms with Crippen LogP contribution < -0.4 is 19.7 Å². The number of hydrogen-bond donors (Lipinski definition) is 2. The molecule has 1 heterocycles. The van der Waals surface area contributed by atoms with Gasteiger partial charge in [0, 0.05) is 25.5 Å². The van der Waals surface area contributed by atoms with Crippen molar-refractivity contribution in [3.05, 3.63) is 59.2 Å². The van der Waals surface area contributed by atoms with Gasteiger partial charge in [-0.15, -0.1) is 0 Å². The summed E-state index contributed by atoms with van der Waals surface area (Å²) in [6.45, 7) is 1.77. The normalized spacial score (nSPS) is 18.0. The monoisotopic (exact) mass is 413 g/mol. The Balaban J connectivity index is 1.59. The summed E-state index contributed by atoms with van der Waals surface area (Å²) in [5.74, 6) is 1.18. The molecule has 2 aromatic rings. The Morgan fingerprint density at radius 3 is 2.50 bits per heavy atom. The molecule has 2 atom stereocenters. The standard InChI is InChI=1S/C23H28N2O5/c1-28-18-10-11-19(21(13-18)29-2)20-5-4-12-25(20)15-22(26)24-14-16-6-8-17(9-7-16)23(27)30-3/h6-11,13,20H,4-5,12,14-15H2,1-3H3,(H,24,26)/p+1/t20-/m1/s1. The largest absolute Gasteiger partial charge is 0.497 e. The molecule has 0 bridgehead atoms. The minimum atomic E-state index is -0.372. The van der Waals surface area contributed by atoms with Crippen molar-refractivity contribution in [3.8, 4) is 11.5 Å². The molecule has 7 heteroatoms. The third kappa shape index (κ3) is 5.10. The first-order valence-corrected chi connectivity index (χ1v) is 10.1. The van der Waals surface area contributed by atoms with E-state index in [0.717, 1.165) is 42.0 Å². The van der Waals surface area contributed by atoms with E-state index in [-0.39, 0.29) is 17.9 Å². The number of quaternary nitrogens is 1. The van der Waals surface area contributed by atoms with Gasteiger partial charge in [0.2, 0.25) is 0 Å². The summed E-state index contributed by atoms with van der Waals surface area (Å²) in [5.41, 5.74) is 2.53. The smallest absolute Gasteiger partial charge is 0.337 e. The molecule has 30 heavy (non-hydrogen) atoms. The zero-order valence-electron chi connectivity index (χ0n) is 17.7. The van der Waals surface area contributed by atoms with E-state index in [9.17, 15) is 9.59 Å². The first-order chi connectivity index (χ1) is 14.5. The highest BCUT2D eigenvalue weighted by molar-refractivity contribution is 5.89. The van der Waals surface area contributed by atoms with E-state index in [1.54, 1.807) is 26.4 Å². The van der Waals surface area contributed by atoms with E-state index < -0.39 is 0 Å². The van der Waals surface area contributed by atoms with Gasteiger partial charge in [-0.05, 0) is 29.8 Å². The van der Waals surface area contributed by atoms with Crippen LogP contribution >= 0.6 is 0 Å². The number of hydrogen-bond acceptors (Lipinski definition) is 5. The van der Waals surface area contributed by atoms with Crippen molar-refractivity contribution in [2.24, 2.45) is 0 Å². The summed E-state index contributed by atoms with van der Waals surface area (Å²) < 4.78 is 15.6. The molecule has 2 N–H and O–H groups in total. The molecule has 1 saturated heterocycles. The molecule has 160 valence electrons. The quantitative estimate of drug-likeness (QED) is 0.642. The molecular formula is C23H29N2O5+. The Morgan fingerprint density at radius 1 is 1.07 bits per heavy atom. The van der Waals surface area contributed by atoms with Gasteiger partial charge in [-0.2, -0.15) is 0 Å². The van der Waals surface area contributed by atoms with E-state index in [4.69, 9.17) is 14.2 Å². The lowest BCUT2D eigenvalue weighted by Gasteiger charge is -2.23. The van der Waals surface area contributed by atoms with Crippen LogP contribution in [-0.2, 0) is 16.1 Å². The van der Waals surface area contributed by atoms with Gasteiger partial charge in [-0.25, -0.2) is 4.79 Å². The van der Waals surface area contributed by atoms with Gasteiger partial charge in [0.25, 0.3) is 5.91 Å². The average Bonchev–Trinajstić information content (AvgIpc) is 3.24. The van der Waals surface area contributed by atoms with E-state index in [2.05, 4.69) is 5.32 Å². The van der Waals surface area contributed by atoms with Crippen LogP contribution in [-0.4, -0.2) is 46.3 Å². The number of ether oxygens (including phenoxy) is 3. The van der Waals surface area contributed by atoms with Gasteiger partial charge in [-0.3, -0.25) is 4.79 Å². The van der Waals surface area contributed by atoms with Gasteiger partial charge < -0.3 is 24.4 Å². The lowest BCUT2D eigenvalue weighted by Crippen LogP contribution is -3.11. The summed E-state index contributed by atoms with van der Waals surface area (Å²) >= 11 is 0. The molecule has 1 fully saturated rings. The molecule has 2 aromatic carbocycles. The van der Waals surface area contributed by atoms with Gasteiger partial charge in [0.15, 0.2) is 6.54 Å². The lowest BCUT2D eigenvalue weighted by atomic mass is 10.0. The molecule has 3 rings (SSSR count). The molecule has 0 aliphatic carbocycles. The number of carbonyl (C=O) groups excluding carboxylic acids is 2. The van der Waals surface area contributed by atoms with Crippen molar-refractivity contribution in [2.75, 3.05) is 34.4 Å².